The SMILES string of the molecule is CC/C=C\C/C=C\C/C=C\C/C=C\C/C=C\C/C=C\C/C=C\C/C=C\C/C=C\CCCCCCCCCCCCCC(=O)OC(COC(=O)CCCCCCCCCCCCCCCCCCCCCCCCC/C=C\C/C=C\C/C=C\C/C=C\C/C=C\CC)COC(OCC[N+](C)(C)C)C(=O)O. The summed E-state index contributed by atoms with van der Waals surface area (Å²) in [4.78, 5) is 37.8. The van der Waals surface area contributed by atoms with Crippen LogP contribution in [0.2, 0.25) is 0 Å². The quantitative estimate of drug-likeness (QED) is 0.0211. The molecule has 103 heavy (non-hydrogen) atoms. The maximum atomic E-state index is 13.0. The Balaban J connectivity index is 4.03. The van der Waals surface area contributed by atoms with Crippen LogP contribution in [0, 0.1) is 0 Å². The lowest BCUT2D eigenvalue weighted by molar-refractivity contribution is -0.870. The first kappa shape index (κ1) is 97.7. The van der Waals surface area contributed by atoms with Gasteiger partial charge in [0.1, 0.15) is 13.2 Å². The Labute approximate surface area is 635 Å². The van der Waals surface area contributed by atoms with E-state index in [4.69, 9.17) is 18.9 Å². The van der Waals surface area contributed by atoms with E-state index in [1.165, 1.54) is 180 Å². The first-order chi connectivity index (χ1) is 50.6. The zero-order valence-electron chi connectivity index (χ0n) is 67.2. The second-order valence-corrected chi connectivity index (χ2v) is 29.0. The minimum Gasteiger partial charge on any atom is -0.477 e. The van der Waals surface area contributed by atoms with Crippen LogP contribution < -0.4 is 0 Å². The standard InChI is InChI=1S/C94H157NO8/c1-6-8-10-12-14-16-18-20-22-24-26-28-30-32-34-36-38-40-42-44-46-48-50-52-54-56-58-60-62-64-66-68-70-72-74-76-78-80-82-84-91(96)101-88-90(89-102-94(93(98)99)100-87-86-95(3,4)5)103-92(97)85-83-81-79-77-75-73-71-69-67-65-63-61-59-57-55-53-51-49-47-45-43-41-39-37-35-33-31-29-27-25-23-21-19-17-15-13-11-9-7-2/h8-11,14-17,20-23,26-29,32-35,39,41,45,47,51,53,57,59,90,94H,6-7,12-13,18-19,24-25,30-31,36-38,40,42-44,46,48-50,52,54-56,58,60-89H2,1-5H3/p+1/b10-8-,11-9-,16-14-,17-15-,22-20-,23-21-,28-26-,29-27-,34-32-,35-33-,41-39-,47-45-,53-51-,59-57-. The number of esters is 2. The van der Waals surface area contributed by atoms with E-state index in [1.54, 1.807) is 0 Å². The van der Waals surface area contributed by atoms with Crippen LogP contribution in [0.25, 0.3) is 0 Å². The maximum absolute atomic E-state index is 13.0. The molecule has 1 N–H and O–H groups in total. The number of carboxylic acids is 1. The van der Waals surface area contributed by atoms with E-state index in [1.807, 2.05) is 21.1 Å². The Bertz CT molecular complexity index is 2310. The molecule has 2 unspecified atom stereocenters. The third-order valence-corrected chi connectivity index (χ3v) is 18.0. The molecule has 0 rings (SSSR count). The summed E-state index contributed by atoms with van der Waals surface area (Å²) in [6.45, 7) is 4.67. The third kappa shape index (κ3) is 83.8. The number of likely N-dealkylation sites (N-methyl/N-ethyl adjacent to an activating group) is 1. The number of ether oxygens (including phenoxy) is 4. The third-order valence-electron chi connectivity index (χ3n) is 18.0. The van der Waals surface area contributed by atoms with E-state index in [2.05, 4.69) is 184 Å². The fourth-order valence-corrected chi connectivity index (χ4v) is 11.6. The fourth-order valence-electron chi connectivity index (χ4n) is 11.6. The lowest BCUT2D eigenvalue weighted by Crippen LogP contribution is -2.40. The highest BCUT2D eigenvalue weighted by Crippen LogP contribution is 2.19. The van der Waals surface area contributed by atoms with E-state index >= 15 is 0 Å². The van der Waals surface area contributed by atoms with Gasteiger partial charge in [0.05, 0.1) is 34.4 Å². The van der Waals surface area contributed by atoms with E-state index < -0.39 is 24.3 Å². The van der Waals surface area contributed by atoms with Crippen molar-refractivity contribution in [1.29, 1.82) is 0 Å². The number of carbonyl (C=O) groups is 3. The molecule has 0 aliphatic carbocycles. The van der Waals surface area contributed by atoms with E-state index in [0.717, 1.165) is 135 Å². The van der Waals surface area contributed by atoms with Gasteiger partial charge in [-0.3, -0.25) is 9.59 Å². The first-order valence-corrected chi connectivity index (χ1v) is 42.3. The molecule has 0 saturated heterocycles. The number of quaternary nitrogens is 1. The summed E-state index contributed by atoms with van der Waals surface area (Å²) in [5.74, 6) is -2.00. The lowest BCUT2D eigenvalue weighted by atomic mass is 10.0. The van der Waals surface area contributed by atoms with Gasteiger partial charge in [-0.05, 0) is 128 Å². The van der Waals surface area contributed by atoms with Crippen LogP contribution in [0.5, 0.6) is 0 Å². The molecule has 0 aromatic carbocycles. The number of rotatable bonds is 77. The van der Waals surface area contributed by atoms with Gasteiger partial charge < -0.3 is 28.5 Å². The predicted molar refractivity (Wildman–Crippen MR) is 446 cm³/mol. The summed E-state index contributed by atoms with van der Waals surface area (Å²) in [7, 11) is 5.98. The molecule has 0 aromatic heterocycles. The summed E-state index contributed by atoms with van der Waals surface area (Å²) >= 11 is 0. The van der Waals surface area contributed by atoms with Gasteiger partial charge in [0.2, 0.25) is 0 Å². The highest BCUT2D eigenvalue weighted by Gasteiger charge is 2.25. The molecule has 0 aromatic rings. The Hall–Kier alpha value is -5.35. The van der Waals surface area contributed by atoms with Crippen molar-refractivity contribution in [3.8, 4) is 0 Å². The van der Waals surface area contributed by atoms with Crippen molar-refractivity contribution in [2.24, 2.45) is 0 Å². The number of carbonyl (C=O) groups excluding carboxylic acids is 2. The van der Waals surface area contributed by atoms with Crippen molar-refractivity contribution in [2.75, 3.05) is 47.5 Å². The Morgan fingerprint density at radius 3 is 0.777 bits per heavy atom. The molecule has 0 bridgehead atoms. The second-order valence-electron chi connectivity index (χ2n) is 29.0. The van der Waals surface area contributed by atoms with Crippen molar-refractivity contribution >= 4 is 17.9 Å². The van der Waals surface area contributed by atoms with Crippen molar-refractivity contribution in [2.45, 2.75) is 360 Å². The number of hydrogen-bond donors (Lipinski definition) is 1. The number of allylic oxidation sites excluding steroid dienone is 28. The summed E-state index contributed by atoms with van der Waals surface area (Å²) in [5, 5.41) is 9.79. The van der Waals surface area contributed by atoms with Crippen LogP contribution in [0.1, 0.15) is 348 Å². The lowest BCUT2D eigenvalue weighted by Gasteiger charge is -2.25. The van der Waals surface area contributed by atoms with Crippen LogP contribution in [0.3, 0.4) is 0 Å². The highest BCUT2D eigenvalue weighted by molar-refractivity contribution is 5.71. The molecule has 0 aliphatic rings. The normalized spacial score (nSPS) is 13.5. The molecule has 9 heteroatoms. The van der Waals surface area contributed by atoms with Gasteiger partial charge in [-0.25, -0.2) is 4.79 Å². The van der Waals surface area contributed by atoms with Gasteiger partial charge in [-0.15, -0.1) is 0 Å². The van der Waals surface area contributed by atoms with Crippen molar-refractivity contribution < 1.29 is 42.9 Å². The summed E-state index contributed by atoms with van der Waals surface area (Å²) < 4.78 is 23.1. The molecule has 0 heterocycles. The molecule has 0 fully saturated rings. The maximum Gasteiger partial charge on any atom is 0.361 e. The largest absolute Gasteiger partial charge is 0.477 e. The molecular formula is C94H158NO8+. The van der Waals surface area contributed by atoms with Crippen molar-refractivity contribution in [1.82, 2.24) is 0 Å². The number of hydrogen-bond acceptors (Lipinski definition) is 7. The Morgan fingerprint density at radius 2 is 0.524 bits per heavy atom. The molecule has 586 valence electrons. The minimum atomic E-state index is -1.52. The summed E-state index contributed by atoms with van der Waals surface area (Å²) in [6, 6.07) is 0. The second kappa shape index (κ2) is 82.3. The van der Waals surface area contributed by atoms with Crippen LogP contribution in [-0.2, 0) is 33.3 Å². The number of nitrogens with zero attached hydrogens (tertiary/aromatic N) is 1. The Kier molecular flexibility index (Phi) is 78.0. The van der Waals surface area contributed by atoms with Gasteiger partial charge in [0.15, 0.2) is 6.10 Å². The Morgan fingerprint density at radius 1 is 0.291 bits per heavy atom. The fraction of sp³-hybridized carbons (Fsp3) is 0.670. The molecular weight excluding hydrogens is 1270 g/mol. The van der Waals surface area contributed by atoms with Gasteiger partial charge in [-0.1, -0.05) is 377 Å². The van der Waals surface area contributed by atoms with E-state index in [9.17, 15) is 19.5 Å². The summed E-state index contributed by atoms with van der Waals surface area (Å²) in [6.07, 6.45) is 121. The number of aliphatic carboxylic acids is 1. The van der Waals surface area contributed by atoms with Crippen LogP contribution in [0.15, 0.2) is 170 Å². The average Bonchev–Trinajstić information content (AvgIpc) is 0.985. The van der Waals surface area contributed by atoms with Gasteiger partial charge in [-0.2, -0.15) is 0 Å². The smallest absolute Gasteiger partial charge is 0.361 e. The zero-order valence-corrected chi connectivity index (χ0v) is 67.2. The highest BCUT2D eigenvalue weighted by atomic mass is 16.7. The molecule has 0 saturated carbocycles. The van der Waals surface area contributed by atoms with Crippen LogP contribution in [0.4, 0.5) is 0 Å². The average molecular weight is 1430 g/mol. The number of carboxylic acid groups (broad SMARTS) is 1. The van der Waals surface area contributed by atoms with Gasteiger partial charge in [0.25, 0.3) is 6.29 Å². The topological polar surface area (TPSA) is 108 Å². The number of unbranched alkanes of at least 4 members (excludes halogenated alkanes) is 34. The van der Waals surface area contributed by atoms with Gasteiger partial charge in [0, 0.05) is 12.8 Å². The van der Waals surface area contributed by atoms with E-state index in [-0.39, 0.29) is 32.2 Å². The minimum absolute atomic E-state index is 0.182. The monoisotopic (exact) mass is 1430 g/mol. The molecule has 9 nitrogen and oxygen atoms in total. The predicted octanol–water partition coefficient (Wildman–Crippen LogP) is 27.7. The van der Waals surface area contributed by atoms with Crippen LogP contribution >= 0.6 is 0 Å². The van der Waals surface area contributed by atoms with Gasteiger partial charge >= 0.3 is 17.9 Å². The van der Waals surface area contributed by atoms with Crippen molar-refractivity contribution in [3.63, 3.8) is 0 Å². The molecule has 2 atom stereocenters. The molecule has 0 amide bonds. The first-order valence-electron chi connectivity index (χ1n) is 42.3. The molecule has 0 spiro atoms. The van der Waals surface area contributed by atoms with Crippen LogP contribution in [-0.4, -0.2) is 87.4 Å². The zero-order chi connectivity index (χ0) is 74.6. The van der Waals surface area contributed by atoms with E-state index in [0.29, 0.717) is 23.9 Å². The summed E-state index contributed by atoms with van der Waals surface area (Å²) in [5.41, 5.74) is 0. The molecule has 0 aliphatic heterocycles. The van der Waals surface area contributed by atoms with Crippen molar-refractivity contribution in [3.05, 3.63) is 170 Å². The molecule has 0 radical (unpaired) electrons.